The number of nitrogens with zero attached hydrogens (tertiary/aromatic N) is 2. The van der Waals surface area contributed by atoms with E-state index in [1.54, 1.807) is 0 Å². The highest BCUT2D eigenvalue weighted by molar-refractivity contribution is 7.25. The van der Waals surface area contributed by atoms with Crippen molar-refractivity contribution >= 4 is 81.6 Å². The first-order chi connectivity index (χ1) is 26.7. The van der Waals surface area contributed by atoms with Crippen LogP contribution in [0.5, 0.6) is 0 Å². The van der Waals surface area contributed by atoms with Crippen molar-refractivity contribution in [2.75, 3.05) is 4.90 Å². The van der Waals surface area contributed by atoms with Crippen LogP contribution >= 0.6 is 11.3 Å². The van der Waals surface area contributed by atoms with E-state index < -0.39 is 0 Å². The molecule has 0 aliphatic heterocycles. The number of fused-ring (bicyclic) bond motifs is 7. The van der Waals surface area contributed by atoms with E-state index in [1.165, 1.54) is 31.3 Å². The third kappa shape index (κ3) is 5.17. The van der Waals surface area contributed by atoms with Crippen LogP contribution in [0.15, 0.2) is 191 Å². The Bertz CT molecular complexity index is 3140. The highest BCUT2D eigenvalue weighted by Crippen LogP contribution is 2.42. The van der Waals surface area contributed by atoms with Gasteiger partial charge in [-0.15, -0.1) is 11.3 Å². The van der Waals surface area contributed by atoms with Crippen molar-refractivity contribution in [2.45, 2.75) is 0 Å². The largest absolute Gasteiger partial charge is 0.456 e. The summed E-state index contributed by atoms with van der Waals surface area (Å²) < 4.78 is 15.2. The molecular formula is C49H30N2O2S. The number of rotatable bonds is 6. The van der Waals surface area contributed by atoms with Crippen molar-refractivity contribution in [1.29, 1.82) is 0 Å². The smallest absolute Gasteiger partial charge is 0.227 e. The SMILES string of the molecule is c1ccc(-c2ccc(N(c3ccc(-c4ccc5c(c4)oc4cc6nc(-c7ccccc7)oc6cc45)cc3)c3ccc4c(c3)sc3ccccc34)cc2)cc1. The van der Waals surface area contributed by atoms with E-state index in [0.717, 1.165) is 66.8 Å². The third-order valence-electron chi connectivity index (χ3n) is 10.3. The first kappa shape index (κ1) is 30.7. The van der Waals surface area contributed by atoms with E-state index in [-0.39, 0.29) is 0 Å². The van der Waals surface area contributed by atoms with Gasteiger partial charge < -0.3 is 13.7 Å². The van der Waals surface area contributed by atoms with Gasteiger partial charge in [0.2, 0.25) is 5.89 Å². The van der Waals surface area contributed by atoms with Gasteiger partial charge in [-0.25, -0.2) is 4.98 Å². The molecule has 54 heavy (non-hydrogen) atoms. The lowest BCUT2D eigenvalue weighted by molar-refractivity contribution is 0.620. The van der Waals surface area contributed by atoms with Crippen LogP contribution in [0.3, 0.4) is 0 Å². The lowest BCUT2D eigenvalue weighted by Crippen LogP contribution is -2.09. The van der Waals surface area contributed by atoms with E-state index in [2.05, 4.69) is 144 Å². The monoisotopic (exact) mass is 710 g/mol. The van der Waals surface area contributed by atoms with Crippen LogP contribution in [0.4, 0.5) is 17.1 Å². The molecule has 11 rings (SSSR count). The lowest BCUT2D eigenvalue weighted by atomic mass is 10.0. The highest BCUT2D eigenvalue weighted by atomic mass is 32.1. The molecule has 254 valence electrons. The van der Waals surface area contributed by atoms with Gasteiger partial charge in [-0.05, 0) is 95.1 Å². The second-order valence-corrected chi connectivity index (χ2v) is 14.7. The van der Waals surface area contributed by atoms with Crippen molar-refractivity contribution in [1.82, 2.24) is 4.98 Å². The quantitative estimate of drug-likeness (QED) is 0.172. The van der Waals surface area contributed by atoms with Crippen LogP contribution < -0.4 is 4.90 Å². The van der Waals surface area contributed by atoms with Crippen LogP contribution in [-0.4, -0.2) is 4.98 Å². The standard InChI is InChI=1S/C49H30N2O2S/c1-3-9-31(10-4-1)32-15-20-36(21-16-32)51(38-24-26-41-40-13-7-8-14-47(40)54-48(41)28-38)37-22-17-33(18-23-37)35-19-25-39-42-29-46-43(30-45(42)52-44(39)27-35)50-49(53-46)34-11-5-2-6-12-34/h1-30H. The molecule has 8 aromatic carbocycles. The molecule has 11 aromatic rings. The second-order valence-electron chi connectivity index (χ2n) is 13.6. The Morgan fingerprint density at radius 3 is 1.70 bits per heavy atom. The summed E-state index contributed by atoms with van der Waals surface area (Å²) in [6.45, 7) is 0. The van der Waals surface area contributed by atoms with E-state index >= 15 is 0 Å². The van der Waals surface area contributed by atoms with Gasteiger partial charge in [0.1, 0.15) is 16.7 Å². The molecule has 3 heterocycles. The predicted molar refractivity (Wildman–Crippen MR) is 225 cm³/mol. The molecule has 0 saturated heterocycles. The molecule has 0 radical (unpaired) electrons. The number of hydrogen-bond acceptors (Lipinski definition) is 5. The number of hydrogen-bond donors (Lipinski definition) is 0. The topological polar surface area (TPSA) is 42.4 Å². The van der Waals surface area contributed by atoms with Crippen molar-refractivity contribution in [3.05, 3.63) is 182 Å². The summed E-state index contributed by atoms with van der Waals surface area (Å²) in [5.41, 5.74) is 12.0. The normalized spacial score (nSPS) is 11.7. The number of oxazole rings is 1. The van der Waals surface area contributed by atoms with Gasteiger partial charge in [0.25, 0.3) is 0 Å². The molecule has 0 spiro atoms. The van der Waals surface area contributed by atoms with Crippen LogP contribution in [0.1, 0.15) is 0 Å². The molecule has 0 fully saturated rings. The minimum atomic E-state index is 0.608. The molecule has 5 heteroatoms. The molecule has 0 amide bonds. The number of anilines is 3. The first-order valence-electron chi connectivity index (χ1n) is 18.0. The van der Waals surface area contributed by atoms with E-state index in [0.29, 0.717) is 5.89 Å². The van der Waals surface area contributed by atoms with Gasteiger partial charge in [0, 0.05) is 59.6 Å². The Hall–Kier alpha value is -6.95. The zero-order valence-electron chi connectivity index (χ0n) is 28.9. The number of thiophene rings is 1. The molecule has 0 aliphatic carbocycles. The molecule has 3 aromatic heterocycles. The second kappa shape index (κ2) is 12.3. The Morgan fingerprint density at radius 2 is 0.944 bits per heavy atom. The van der Waals surface area contributed by atoms with Gasteiger partial charge in [0.15, 0.2) is 5.58 Å². The van der Waals surface area contributed by atoms with Crippen molar-refractivity contribution in [2.24, 2.45) is 0 Å². The summed E-state index contributed by atoms with van der Waals surface area (Å²) in [6, 6.07) is 64.1. The van der Waals surface area contributed by atoms with Gasteiger partial charge >= 0.3 is 0 Å². The average molecular weight is 711 g/mol. The lowest BCUT2D eigenvalue weighted by Gasteiger charge is -2.26. The summed E-state index contributed by atoms with van der Waals surface area (Å²) in [5, 5.41) is 4.65. The number of furan rings is 1. The molecule has 0 aliphatic rings. The maximum absolute atomic E-state index is 6.42. The zero-order valence-corrected chi connectivity index (χ0v) is 29.8. The summed E-state index contributed by atoms with van der Waals surface area (Å²) in [7, 11) is 0. The minimum absolute atomic E-state index is 0.608. The Balaban J connectivity index is 0.959. The van der Waals surface area contributed by atoms with Crippen LogP contribution in [0, 0.1) is 0 Å². The van der Waals surface area contributed by atoms with Gasteiger partial charge in [0.05, 0.1) is 0 Å². The Morgan fingerprint density at radius 1 is 0.370 bits per heavy atom. The van der Waals surface area contributed by atoms with Crippen LogP contribution in [0.25, 0.3) is 86.9 Å². The van der Waals surface area contributed by atoms with Crippen molar-refractivity contribution in [3.8, 4) is 33.7 Å². The van der Waals surface area contributed by atoms with Crippen LogP contribution in [0.2, 0.25) is 0 Å². The summed E-state index contributed by atoms with van der Waals surface area (Å²) in [6.07, 6.45) is 0. The molecular weight excluding hydrogens is 681 g/mol. The van der Waals surface area contributed by atoms with Crippen molar-refractivity contribution in [3.63, 3.8) is 0 Å². The van der Waals surface area contributed by atoms with E-state index in [1.807, 2.05) is 53.8 Å². The zero-order chi connectivity index (χ0) is 35.6. The van der Waals surface area contributed by atoms with Crippen LogP contribution in [-0.2, 0) is 0 Å². The number of aromatic nitrogens is 1. The molecule has 4 nitrogen and oxygen atoms in total. The van der Waals surface area contributed by atoms with Gasteiger partial charge in [-0.3, -0.25) is 0 Å². The molecule has 0 saturated carbocycles. The van der Waals surface area contributed by atoms with Gasteiger partial charge in [-0.2, -0.15) is 0 Å². The fourth-order valence-corrected chi connectivity index (χ4v) is 8.76. The fourth-order valence-electron chi connectivity index (χ4n) is 7.62. The minimum Gasteiger partial charge on any atom is -0.456 e. The third-order valence-corrected chi connectivity index (χ3v) is 11.4. The molecule has 0 atom stereocenters. The molecule has 0 N–H and O–H groups in total. The Kier molecular flexibility index (Phi) is 7.00. The number of benzene rings is 8. The maximum Gasteiger partial charge on any atom is 0.227 e. The highest BCUT2D eigenvalue weighted by Gasteiger charge is 2.17. The maximum atomic E-state index is 6.42. The molecule has 0 bridgehead atoms. The Labute approximate surface area is 314 Å². The van der Waals surface area contributed by atoms with Crippen molar-refractivity contribution < 1.29 is 8.83 Å². The fraction of sp³-hybridized carbons (Fsp3) is 0. The predicted octanol–water partition coefficient (Wildman–Crippen LogP) is 14.6. The summed E-state index contributed by atoms with van der Waals surface area (Å²) >= 11 is 1.84. The summed E-state index contributed by atoms with van der Waals surface area (Å²) in [4.78, 5) is 7.09. The summed E-state index contributed by atoms with van der Waals surface area (Å²) in [5.74, 6) is 0.608. The average Bonchev–Trinajstić information content (AvgIpc) is 3.93. The molecule has 0 unspecified atom stereocenters. The van der Waals surface area contributed by atoms with E-state index in [9.17, 15) is 0 Å². The van der Waals surface area contributed by atoms with E-state index in [4.69, 9.17) is 13.8 Å². The first-order valence-corrected chi connectivity index (χ1v) is 18.8. The van der Waals surface area contributed by atoms with Gasteiger partial charge in [-0.1, -0.05) is 103 Å².